The van der Waals surface area contributed by atoms with E-state index in [-0.39, 0.29) is 23.5 Å². The van der Waals surface area contributed by atoms with Gasteiger partial charge in [-0.2, -0.15) is 0 Å². The summed E-state index contributed by atoms with van der Waals surface area (Å²) in [6, 6.07) is 3.45. The molecule has 1 fully saturated rings. The summed E-state index contributed by atoms with van der Waals surface area (Å²) in [4.78, 5) is 17.9. The highest BCUT2D eigenvalue weighted by molar-refractivity contribution is 6.32. The fraction of sp³-hybridized carbons (Fsp3) is 0.538. The summed E-state index contributed by atoms with van der Waals surface area (Å²) in [7, 11) is 1.83. The second-order valence-electron chi connectivity index (χ2n) is 4.72. The lowest BCUT2D eigenvalue weighted by Gasteiger charge is -2.27. The van der Waals surface area contributed by atoms with Crippen LogP contribution in [0.1, 0.15) is 23.2 Å². The van der Waals surface area contributed by atoms with Crippen molar-refractivity contribution in [2.24, 2.45) is 5.92 Å². The number of rotatable bonds is 3. The van der Waals surface area contributed by atoms with Crippen molar-refractivity contribution >= 4 is 29.9 Å². The molecule has 1 aromatic rings. The Morgan fingerprint density at radius 2 is 2.21 bits per heavy atom. The number of amides is 1. The van der Waals surface area contributed by atoms with Gasteiger partial charge in [0.2, 0.25) is 0 Å². The van der Waals surface area contributed by atoms with E-state index in [0.29, 0.717) is 11.5 Å². The fourth-order valence-electron chi connectivity index (χ4n) is 2.29. The standard InChI is InChI=1S/C13H18ClN3O.ClH/c1-17(9-10-4-7-15-8-5-10)13(18)11-3-2-6-16-12(11)14;/h2-3,6,10,15H,4-5,7-9H2,1H3;1H. The van der Waals surface area contributed by atoms with Crippen LogP contribution in [0, 0.1) is 5.92 Å². The quantitative estimate of drug-likeness (QED) is 0.871. The molecular weight excluding hydrogens is 285 g/mol. The van der Waals surface area contributed by atoms with Gasteiger partial charge in [0.25, 0.3) is 5.91 Å². The van der Waals surface area contributed by atoms with Gasteiger partial charge < -0.3 is 10.2 Å². The number of aromatic nitrogens is 1. The average molecular weight is 304 g/mol. The largest absolute Gasteiger partial charge is 0.341 e. The van der Waals surface area contributed by atoms with Gasteiger partial charge in [-0.25, -0.2) is 4.98 Å². The number of hydrogen-bond acceptors (Lipinski definition) is 3. The molecule has 0 aromatic carbocycles. The first kappa shape index (κ1) is 16.2. The minimum Gasteiger partial charge on any atom is -0.341 e. The van der Waals surface area contributed by atoms with Crippen molar-refractivity contribution in [3.05, 3.63) is 29.0 Å². The summed E-state index contributed by atoms with van der Waals surface area (Å²) in [6.45, 7) is 2.87. The van der Waals surface area contributed by atoms with Gasteiger partial charge in [0, 0.05) is 19.8 Å². The predicted octanol–water partition coefficient (Wildman–Crippen LogP) is 2.23. The van der Waals surface area contributed by atoms with Crippen LogP contribution in [-0.4, -0.2) is 42.5 Å². The van der Waals surface area contributed by atoms with Crippen LogP contribution in [0.2, 0.25) is 5.15 Å². The zero-order valence-corrected chi connectivity index (χ0v) is 12.5. The molecule has 0 saturated carbocycles. The van der Waals surface area contributed by atoms with Crippen LogP contribution in [0.5, 0.6) is 0 Å². The van der Waals surface area contributed by atoms with Crippen LogP contribution < -0.4 is 5.32 Å². The number of halogens is 2. The Labute approximate surface area is 124 Å². The van der Waals surface area contributed by atoms with E-state index < -0.39 is 0 Å². The first-order valence-corrected chi connectivity index (χ1v) is 6.63. The van der Waals surface area contributed by atoms with Crippen LogP contribution in [0.15, 0.2) is 18.3 Å². The first-order valence-electron chi connectivity index (χ1n) is 6.25. The second kappa shape index (κ2) is 7.68. The van der Waals surface area contributed by atoms with Crippen LogP contribution in [0.25, 0.3) is 0 Å². The molecule has 0 unspecified atom stereocenters. The van der Waals surface area contributed by atoms with E-state index in [4.69, 9.17) is 11.6 Å². The Bertz CT molecular complexity index is 422. The number of nitrogens with one attached hydrogen (secondary N) is 1. The molecular formula is C13H19Cl2N3O. The molecule has 1 N–H and O–H groups in total. The lowest BCUT2D eigenvalue weighted by molar-refractivity contribution is 0.0762. The summed E-state index contributed by atoms with van der Waals surface area (Å²) in [5.41, 5.74) is 0.482. The molecule has 0 atom stereocenters. The van der Waals surface area contributed by atoms with E-state index in [2.05, 4.69) is 10.3 Å². The number of nitrogens with zero attached hydrogens (tertiary/aromatic N) is 2. The van der Waals surface area contributed by atoms with Crippen molar-refractivity contribution < 1.29 is 4.79 Å². The summed E-state index contributed by atoms with van der Waals surface area (Å²) in [5, 5.41) is 3.60. The molecule has 4 nitrogen and oxygen atoms in total. The monoisotopic (exact) mass is 303 g/mol. The average Bonchev–Trinajstić information content (AvgIpc) is 2.39. The summed E-state index contributed by atoms with van der Waals surface area (Å²) < 4.78 is 0. The summed E-state index contributed by atoms with van der Waals surface area (Å²) >= 11 is 5.94. The van der Waals surface area contributed by atoms with Crippen molar-refractivity contribution in [3.63, 3.8) is 0 Å². The molecule has 0 radical (unpaired) electrons. The Morgan fingerprint density at radius 3 is 2.84 bits per heavy atom. The molecule has 2 rings (SSSR count). The Balaban J connectivity index is 0.00000180. The van der Waals surface area contributed by atoms with Gasteiger partial charge in [-0.3, -0.25) is 4.79 Å². The van der Waals surface area contributed by atoms with Crippen molar-refractivity contribution in [2.45, 2.75) is 12.8 Å². The van der Waals surface area contributed by atoms with E-state index in [1.807, 2.05) is 7.05 Å². The van der Waals surface area contributed by atoms with E-state index in [1.165, 1.54) is 0 Å². The van der Waals surface area contributed by atoms with Crippen molar-refractivity contribution in [3.8, 4) is 0 Å². The highest BCUT2D eigenvalue weighted by Crippen LogP contribution is 2.17. The van der Waals surface area contributed by atoms with Gasteiger partial charge in [-0.05, 0) is 44.0 Å². The summed E-state index contributed by atoms with van der Waals surface area (Å²) in [5.74, 6) is 0.530. The number of carbonyl (C=O) groups is 1. The van der Waals surface area contributed by atoms with Crippen LogP contribution in [-0.2, 0) is 0 Å². The smallest absolute Gasteiger partial charge is 0.256 e. The molecule has 1 aliphatic rings. The molecule has 1 saturated heterocycles. The highest BCUT2D eigenvalue weighted by atomic mass is 35.5. The van der Waals surface area contributed by atoms with Gasteiger partial charge in [0.1, 0.15) is 5.15 Å². The normalized spacial score (nSPS) is 15.7. The molecule has 106 valence electrons. The van der Waals surface area contributed by atoms with E-state index >= 15 is 0 Å². The van der Waals surface area contributed by atoms with Crippen molar-refractivity contribution in [1.82, 2.24) is 15.2 Å². The fourth-order valence-corrected chi connectivity index (χ4v) is 2.49. The molecule has 6 heteroatoms. The number of piperidine rings is 1. The van der Waals surface area contributed by atoms with E-state index in [9.17, 15) is 4.79 Å². The van der Waals surface area contributed by atoms with Crippen LogP contribution >= 0.6 is 24.0 Å². The van der Waals surface area contributed by atoms with E-state index in [0.717, 1.165) is 32.5 Å². The third-order valence-corrected chi connectivity index (χ3v) is 3.63. The Kier molecular flexibility index (Phi) is 6.55. The lowest BCUT2D eigenvalue weighted by atomic mass is 9.97. The zero-order chi connectivity index (χ0) is 13.0. The van der Waals surface area contributed by atoms with E-state index in [1.54, 1.807) is 23.2 Å². The molecule has 0 aliphatic carbocycles. The minimum atomic E-state index is -0.0494. The number of hydrogen-bond donors (Lipinski definition) is 1. The third-order valence-electron chi connectivity index (χ3n) is 3.33. The Morgan fingerprint density at radius 1 is 1.53 bits per heavy atom. The molecule has 19 heavy (non-hydrogen) atoms. The maximum Gasteiger partial charge on any atom is 0.256 e. The van der Waals surface area contributed by atoms with Gasteiger partial charge in [-0.15, -0.1) is 12.4 Å². The molecule has 1 aromatic heterocycles. The number of carbonyl (C=O) groups excluding carboxylic acids is 1. The number of pyridine rings is 1. The zero-order valence-electron chi connectivity index (χ0n) is 10.9. The SMILES string of the molecule is CN(CC1CCNCC1)C(=O)c1cccnc1Cl.Cl. The van der Waals surface area contributed by atoms with Gasteiger partial charge in [0.15, 0.2) is 0 Å². The third kappa shape index (κ3) is 4.34. The summed E-state index contributed by atoms with van der Waals surface area (Å²) in [6.07, 6.45) is 3.84. The van der Waals surface area contributed by atoms with Crippen LogP contribution in [0.3, 0.4) is 0 Å². The topological polar surface area (TPSA) is 45.2 Å². The lowest BCUT2D eigenvalue weighted by Crippen LogP contribution is -2.37. The first-order chi connectivity index (χ1) is 8.68. The molecule has 0 bridgehead atoms. The molecule has 1 amide bonds. The highest BCUT2D eigenvalue weighted by Gasteiger charge is 2.20. The maximum atomic E-state index is 12.2. The van der Waals surface area contributed by atoms with Crippen molar-refractivity contribution in [2.75, 3.05) is 26.7 Å². The van der Waals surface area contributed by atoms with Gasteiger partial charge in [0.05, 0.1) is 5.56 Å². The Hall–Kier alpha value is -0.840. The van der Waals surface area contributed by atoms with Gasteiger partial charge >= 0.3 is 0 Å². The predicted molar refractivity (Wildman–Crippen MR) is 79.0 cm³/mol. The second-order valence-corrected chi connectivity index (χ2v) is 5.08. The van der Waals surface area contributed by atoms with Gasteiger partial charge in [-0.1, -0.05) is 11.6 Å². The van der Waals surface area contributed by atoms with Crippen molar-refractivity contribution in [1.29, 1.82) is 0 Å². The molecule has 1 aliphatic heterocycles. The maximum absolute atomic E-state index is 12.2. The van der Waals surface area contributed by atoms with Crippen LogP contribution in [0.4, 0.5) is 0 Å². The molecule has 2 heterocycles. The minimum absolute atomic E-state index is 0. The molecule has 0 spiro atoms.